The first-order chi connectivity index (χ1) is 11.7. The number of aliphatic hydroxyl groups excluding tert-OH is 1. The summed E-state index contributed by atoms with van der Waals surface area (Å²) in [5.41, 5.74) is 1.91. The van der Waals surface area contributed by atoms with E-state index in [0.717, 1.165) is 16.5 Å². The first-order valence-corrected chi connectivity index (χ1v) is 8.05. The van der Waals surface area contributed by atoms with E-state index in [0.29, 0.717) is 24.6 Å². The minimum absolute atomic E-state index is 0.112. The molecule has 2 aromatic heterocycles. The number of nitrogens with one attached hydrogen (secondary N) is 1. The molecule has 0 saturated carbocycles. The first-order valence-electron chi connectivity index (χ1n) is 8.05. The Balaban J connectivity index is 1.66. The number of hydrogen-bond donors (Lipinski definition) is 2. The number of ether oxygens (including phenoxy) is 1. The third-order valence-corrected chi connectivity index (χ3v) is 4.05. The Morgan fingerprint density at radius 1 is 1.25 bits per heavy atom. The smallest absolute Gasteiger partial charge is 0.218 e. The predicted octanol–water partition coefficient (Wildman–Crippen LogP) is 3.44. The molecule has 0 radical (unpaired) electrons. The van der Waals surface area contributed by atoms with Gasteiger partial charge in [-0.1, -0.05) is 18.2 Å². The van der Waals surface area contributed by atoms with Crippen LogP contribution in [0.15, 0.2) is 53.1 Å². The van der Waals surface area contributed by atoms with E-state index in [1.165, 1.54) is 0 Å². The molecule has 0 saturated heterocycles. The number of hydrogen-bond acceptors (Lipinski definition) is 5. The number of nitrogens with zero attached hydrogens (tertiary/aromatic N) is 1. The minimum atomic E-state index is -0.612. The average molecular weight is 326 g/mol. The van der Waals surface area contributed by atoms with Gasteiger partial charge < -0.3 is 19.6 Å². The van der Waals surface area contributed by atoms with Crippen molar-refractivity contribution in [1.29, 1.82) is 0 Å². The van der Waals surface area contributed by atoms with Gasteiger partial charge in [-0.15, -0.1) is 0 Å². The Kier molecular flexibility index (Phi) is 5.13. The molecule has 0 bridgehead atoms. The Bertz CT molecular complexity index is 786. The Morgan fingerprint density at radius 3 is 2.83 bits per heavy atom. The topological polar surface area (TPSA) is 67.5 Å². The molecule has 0 fully saturated rings. The van der Waals surface area contributed by atoms with Crippen LogP contribution >= 0.6 is 0 Å². The van der Waals surface area contributed by atoms with Crippen molar-refractivity contribution in [3.63, 3.8) is 0 Å². The van der Waals surface area contributed by atoms with Gasteiger partial charge in [-0.2, -0.15) is 0 Å². The lowest BCUT2D eigenvalue weighted by Crippen LogP contribution is -2.27. The second-order valence-electron chi connectivity index (χ2n) is 5.90. The van der Waals surface area contributed by atoms with Crippen LogP contribution in [0.3, 0.4) is 0 Å². The average Bonchev–Trinajstić information content (AvgIpc) is 3.13. The van der Waals surface area contributed by atoms with Gasteiger partial charge in [0.2, 0.25) is 5.88 Å². The van der Waals surface area contributed by atoms with Crippen molar-refractivity contribution < 1.29 is 14.3 Å². The van der Waals surface area contributed by atoms with Gasteiger partial charge in [-0.3, -0.25) is 0 Å². The zero-order valence-corrected chi connectivity index (χ0v) is 13.9. The molecular formula is C19H22N2O3. The van der Waals surface area contributed by atoms with Crippen LogP contribution in [0.5, 0.6) is 5.88 Å². The zero-order valence-electron chi connectivity index (χ0n) is 13.9. The van der Waals surface area contributed by atoms with Crippen LogP contribution in [-0.4, -0.2) is 23.2 Å². The summed E-state index contributed by atoms with van der Waals surface area (Å²) in [4.78, 5) is 4.55. The standard InChI is InChI=1S/C19H22N2O3/c1-13(10-17(22)18-8-5-9-24-18)20-12-15-11-14-6-3-4-7-16(14)21-19(15)23-2/h3-9,11,13,17,20,22H,10,12H2,1-2H3. The molecule has 2 atom stereocenters. The summed E-state index contributed by atoms with van der Waals surface area (Å²) in [6, 6.07) is 13.7. The van der Waals surface area contributed by atoms with Crippen molar-refractivity contribution in [2.45, 2.75) is 32.0 Å². The van der Waals surface area contributed by atoms with E-state index in [2.05, 4.69) is 16.4 Å². The maximum absolute atomic E-state index is 10.1. The van der Waals surface area contributed by atoms with Crippen LogP contribution in [0, 0.1) is 0 Å². The van der Waals surface area contributed by atoms with E-state index >= 15 is 0 Å². The van der Waals surface area contributed by atoms with E-state index < -0.39 is 6.10 Å². The molecule has 2 N–H and O–H groups in total. The van der Waals surface area contributed by atoms with Crippen molar-refractivity contribution in [1.82, 2.24) is 10.3 Å². The van der Waals surface area contributed by atoms with E-state index in [1.807, 2.05) is 31.2 Å². The fourth-order valence-electron chi connectivity index (χ4n) is 2.74. The molecule has 24 heavy (non-hydrogen) atoms. The van der Waals surface area contributed by atoms with Gasteiger partial charge in [0.1, 0.15) is 11.9 Å². The highest BCUT2D eigenvalue weighted by Crippen LogP contribution is 2.23. The van der Waals surface area contributed by atoms with Crippen LogP contribution < -0.4 is 10.1 Å². The van der Waals surface area contributed by atoms with Gasteiger partial charge in [0.15, 0.2) is 0 Å². The molecule has 126 valence electrons. The van der Waals surface area contributed by atoms with Crippen molar-refractivity contribution in [3.05, 3.63) is 60.1 Å². The van der Waals surface area contributed by atoms with Crippen molar-refractivity contribution in [3.8, 4) is 5.88 Å². The number of aromatic nitrogens is 1. The highest BCUT2D eigenvalue weighted by atomic mass is 16.5. The predicted molar refractivity (Wildman–Crippen MR) is 92.9 cm³/mol. The van der Waals surface area contributed by atoms with Crippen LogP contribution in [0.4, 0.5) is 0 Å². The molecule has 5 nitrogen and oxygen atoms in total. The molecule has 2 heterocycles. The number of aliphatic hydroxyl groups is 1. The van der Waals surface area contributed by atoms with Crippen molar-refractivity contribution >= 4 is 10.9 Å². The number of methoxy groups -OCH3 is 1. The normalized spacial score (nSPS) is 13.8. The van der Waals surface area contributed by atoms with Crippen LogP contribution in [0.1, 0.15) is 30.8 Å². The monoisotopic (exact) mass is 326 g/mol. The lowest BCUT2D eigenvalue weighted by Gasteiger charge is -2.17. The van der Waals surface area contributed by atoms with E-state index in [1.54, 1.807) is 25.5 Å². The minimum Gasteiger partial charge on any atom is -0.481 e. The fraction of sp³-hybridized carbons (Fsp3) is 0.316. The number of pyridine rings is 1. The summed E-state index contributed by atoms with van der Waals surface area (Å²) in [5.74, 6) is 1.22. The summed E-state index contributed by atoms with van der Waals surface area (Å²) in [6.45, 7) is 2.65. The van der Waals surface area contributed by atoms with Crippen LogP contribution in [0.2, 0.25) is 0 Å². The maximum atomic E-state index is 10.1. The molecule has 1 aromatic carbocycles. The van der Waals surface area contributed by atoms with Gasteiger partial charge in [0.05, 0.1) is 18.9 Å². The first kappa shape index (κ1) is 16.5. The molecule has 0 amide bonds. The van der Waals surface area contributed by atoms with Crippen molar-refractivity contribution in [2.24, 2.45) is 0 Å². The molecular weight excluding hydrogens is 304 g/mol. The summed E-state index contributed by atoms with van der Waals surface area (Å²) >= 11 is 0. The molecule has 5 heteroatoms. The Hall–Kier alpha value is -2.37. The zero-order chi connectivity index (χ0) is 16.9. The lowest BCUT2D eigenvalue weighted by molar-refractivity contribution is 0.128. The second-order valence-corrected chi connectivity index (χ2v) is 5.90. The number of rotatable bonds is 7. The van der Waals surface area contributed by atoms with E-state index in [4.69, 9.17) is 9.15 Å². The quantitative estimate of drug-likeness (QED) is 0.696. The molecule has 0 spiro atoms. The van der Waals surface area contributed by atoms with E-state index in [-0.39, 0.29) is 6.04 Å². The molecule has 0 aliphatic rings. The van der Waals surface area contributed by atoms with Gasteiger partial charge >= 0.3 is 0 Å². The maximum Gasteiger partial charge on any atom is 0.218 e. The van der Waals surface area contributed by atoms with E-state index in [9.17, 15) is 5.11 Å². The number of furan rings is 1. The summed E-state index contributed by atoms with van der Waals surface area (Å²) in [7, 11) is 1.63. The third-order valence-electron chi connectivity index (χ3n) is 4.05. The Labute approximate surface area is 141 Å². The second kappa shape index (κ2) is 7.47. The molecule has 3 rings (SSSR count). The SMILES string of the molecule is COc1nc2ccccc2cc1CNC(C)CC(O)c1ccco1. The largest absolute Gasteiger partial charge is 0.481 e. The van der Waals surface area contributed by atoms with Crippen LogP contribution in [0.25, 0.3) is 10.9 Å². The molecule has 2 unspecified atom stereocenters. The van der Waals surface area contributed by atoms with Gasteiger partial charge in [0.25, 0.3) is 0 Å². The summed E-state index contributed by atoms with van der Waals surface area (Å²) < 4.78 is 10.6. The Morgan fingerprint density at radius 2 is 2.08 bits per heavy atom. The summed E-state index contributed by atoms with van der Waals surface area (Å²) in [5, 5.41) is 14.6. The lowest BCUT2D eigenvalue weighted by atomic mass is 10.1. The molecule has 0 aliphatic heterocycles. The third kappa shape index (κ3) is 3.75. The number of para-hydroxylation sites is 1. The molecule has 0 aliphatic carbocycles. The van der Waals surface area contributed by atoms with Gasteiger partial charge in [-0.25, -0.2) is 4.98 Å². The highest BCUT2D eigenvalue weighted by molar-refractivity contribution is 5.80. The fourth-order valence-corrected chi connectivity index (χ4v) is 2.74. The number of fused-ring (bicyclic) bond motifs is 1. The van der Waals surface area contributed by atoms with Crippen LogP contribution in [-0.2, 0) is 6.54 Å². The van der Waals surface area contributed by atoms with Crippen molar-refractivity contribution in [2.75, 3.05) is 7.11 Å². The number of benzene rings is 1. The molecule has 3 aromatic rings. The highest BCUT2D eigenvalue weighted by Gasteiger charge is 2.15. The summed E-state index contributed by atoms with van der Waals surface area (Å²) in [6.07, 6.45) is 1.53. The van der Waals surface area contributed by atoms with Gasteiger partial charge in [-0.05, 0) is 37.6 Å². The van der Waals surface area contributed by atoms with Gasteiger partial charge in [0, 0.05) is 23.5 Å².